The largest absolute Gasteiger partial charge is 0.466 e. The van der Waals surface area contributed by atoms with Gasteiger partial charge in [-0.1, -0.05) is 30.3 Å². The molecule has 0 unspecified atom stereocenters. The number of carbonyl (C=O) groups is 4. The van der Waals surface area contributed by atoms with Crippen LogP contribution < -0.4 is 0 Å². The van der Waals surface area contributed by atoms with E-state index < -0.39 is 29.4 Å². The molecule has 0 saturated carbocycles. The molecule has 220 valence electrons. The summed E-state index contributed by atoms with van der Waals surface area (Å²) in [5.74, 6) is -4.38. The highest BCUT2D eigenvalue weighted by molar-refractivity contribution is 6.47. The molecule has 0 saturated heterocycles. The molecule has 43 heavy (non-hydrogen) atoms. The van der Waals surface area contributed by atoms with E-state index in [4.69, 9.17) is 9.47 Å². The number of aryl methyl sites for hydroxylation is 1. The third-order valence-corrected chi connectivity index (χ3v) is 7.08. The van der Waals surface area contributed by atoms with E-state index >= 15 is 0 Å². The number of rotatable bonds is 10. The van der Waals surface area contributed by atoms with Gasteiger partial charge < -0.3 is 14.0 Å². The fraction of sp³-hybridized carbons (Fsp3) is 0.212. The summed E-state index contributed by atoms with van der Waals surface area (Å²) >= 11 is 0. The molecular weight excluding hydrogens is 558 g/mol. The van der Waals surface area contributed by atoms with Gasteiger partial charge in [-0.25, -0.2) is 13.6 Å². The number of carbonyl (C=O) groups excluding carboxylic acids is 4. The van der Waals surface area contributed by atoms with Gasteiger partial charge in [-0.15, -0.1) is 0 Å². The lowest BCUT2D eigenvalue weighted by atomic mass is 10.1. The molecule has 0 radical (unpaired) electrons. The van der Waals surface area contributed by atoms with Crippen LogP contribution in [0.4, 0.5) is 8.78 Å². The van der Waals surface area contributed by atoms with Crippen LogP contribution in [-0.2, 0) is 27.2 Å². The van der Waals surface area contributed by atoms with Gasteiger partial charge in [0, 0.05) is 35.5 Å². The normalized spacial score (nSPS) is 11.2. The third kappa shape index (κ3) is 5.81. The van der Waals surface area contributed by atoms with Crippen LogP contribution >= 0.6 is 0 Å². The summed E-state index contributed by atoms with van der Waals surface area (Å²) in [5, 5.41) is 0.706. The molecule has 0 aliphatic carbocycles. The molecular formula is C33H28F2N2O6. The lowest BCUT2D eigenvalue weighted by molar-refractivity contribution is -0.143. The van der Waals surface area contributed by atoms with Crippen molar-refractivity contribution in [3.05, 3.63) is 107 Å². The Hall–Kier alpha value is -5.12. The second kappa shape index (κ2) is 12.4. The van der Waals surface area contributed by atoms with Gasteiger partial charge in [-0.3, -0.25) is 19.0 Å². The number of nitrogens with zero attached hydrogens (tertiary/aromatic N) is 2. The molecule has 0 amide bonds. The number of hydrogen-bond acceptors (Lipinski definition) is 6. The van der Waals surface area contributed by atoms with Crippen molar-refractivity contribution in [2.45, 2.75) is 33.2 Å². The van der Waals surface area contributed by atoms with E-state index in [-0.39, 0.29) is 59.6 Å². The number of ether oxygens (including phenoxy) is 2. The Morgan fingerprint density at radius 2 is 1.49 bits per heavy atom. The fourth-order valence-electron chi connectivity index (χ4n) is 5.23. The second-order valence-electron chi connectivity index (χ2n) is 9.80. The first kappa shape index (κ1) is 29.4. The van der Waals surface area contributed by atoms with Crippen LogP contribution in [0.2, 0.25) is 0 Å². The smallest absolute Gasteiger partial charge is 0.355 e. The topological polar surface area (TPSA) is 96.6 Å². The van der Waals surface area contributed by atoms with Gasteiger partial charge in [0.25, 0.3) is 5.78 Å². The average molecular weight is 587 g/mol. The Balaban J connectivity index is 1.63. The molecule has 0 atom stereocenters. The van der Waals surface area contributed by atoms with Crippen LogP contribution in [0.25, 0.3) is 21.8 Å². The molecule has 2 aromatic heterocycles. The number of fused-ring (bicyclic) bond motifs is 2. The zero-order valence-corrected chi connectivity index (χ0v) is 23.6. The highest BCUT2D eigenvalue weighted by Crippen LogP contribution is 2.31. The molecule has 0 bridgehead atoms. The van der Waals surface area contributed by atoms with E-state index in [1.807, 2.05) is 0 Å². The first-order valence-corrected chi connectivity index (χ1v) is 13.8. The predicted octanol–water partition coefficient (Wildman–Crippen LogP) is 6.12. The summed E-state index contributed by atoms with van der Waals surface area (Å²) in [6.45, 7) is 3.68. The minimum Gasteiger partial charge on any atom is -0.466 e. The number of ketones is 1. The Morgan fingerprint density at radius 1 is 0.791 bits per heavy atom. The zero-order chi connectivity index (χ0) is 30.7. The minimum atomic E-state index is -1.05. The molecule has 0 fully saturated rings. The number of benzene rings is 3. The average Bonchev–Trinajstić information content (AvgIpc) is 3.52. The molecule has 8 nitrogen and oxygen atoms in total. The maximum atomic E-state index is 14.4. The Morgan fingerprint density at radius 3 is 2.21 bits per heavy atom. The van der Waals surface area contributed by atoms with Gasteiger partial charge >= 0.3 is 17.8 Å². The third-order valence-electron chi connectivity index (χ3n) is 7.08. The van der Waals surface area contributed by atoms with E-state index in [0.717, 1.165) is 22.3 Å². The standard InChI is InChI=1S/C33H28F2N2O6/c1-3-42-29(38)16-14-24-25-17-22(35)13-15-28(25)37(30(24)33(41)43-4-2)32(40)31(39)26-19-36(27-8-6-5-7-23(26)27)18-20-9-11-21(34)12-10-20/h5-13,15,17,19H,3-4,14,16,18H2,1-2H3. The first-order chi connectivity index (χ1) is 20.7. The van der Waals surface area contributed by atoms with Crippen molar-refractivity contribution in [3.63, 3.8) is 0 Å². The molecule has 3 aromatic carbocycles. The minimum absolute atomic E-state index is 0.0228. The van der Waals surface area contributed by atoms with Gasteiger partial charge in [0.15, 0.2) is 0 Å². The lowest BCUT2D eigenvalue weighted by Crippen LogP contribution is -2.26. The van der Waals surface area contributed by atoms with E-state index in [0.29, 0.717) is 17.4 Å². The molecule has 5 rings (SSSR count). The molecule has 5 aromatic rings. The number of esters is 2. The van der Waals surface area contributed by atoms with Crippen LogP contribution in [0.5, 0.6) is 0 Å². The Labute approximate surface area is 245 Å². The van der Waals surface area contributed by atoms with E-state index in [2.05, 4.69) is 0 Å². The Kier molecular flexibility index (Phi) is 8.47. The van der Waals surface area contributed by atoms with Gasteiger partial charge in [-0.2, -0.15) is 0 Å². The fourth-order valence-corrected chi connectivity index (χ4v) is 5.23. The molecule has 0 aliphatic heterocycles. The van der Waals surface area contributed by atoms with Crippen LogP contribution in [-0.4, -0.2) is 46.0 Å². The maximum Gasteiger partial charge on any atom is 0.355 e. The van der Waals surface area contributed by atoms with Crippen molar-refractivity contribution >= 4 is 45.4 Å². The van der Waals surface area contributed by atoms with E-state index in [9.17, 15) is 28.0 Å². The number of aromatic nitrogens is 2. The van der Waals surface area contributed by atoms with E-state index in [1.165, 1.54) is 18.2 Å². The summed E-state index contributed by atoms with van der Waals surface area (Å²) in [7, 11) is 0. The van der Waals surface area contributed by atoms with Crippen molar-refractivity contribution in [2.24, 2.45) is 0 Å². The van der Waals surface area contributed by atoms with Crippen LogP contribution in [0, 0.1) is 11.6 Å². The van der Waals surface area contributed by atoms with Crippen LogP contribution in [0.15, 0.2) is 72.9 Å². The summed E-state index contributed by atoms with van der Waals surface area (Å²) in [6.07, 6.45) is 1.35. The number of Topliss-reactive ketones (excluding diaryl/α,β-unsaturated/α-hetero) is 1. The van der Waals surface area contributed by atoms with Crippen LogP contribution in [0.1, 0.15) is 57.0 Å². The van der Waals surface area contributed by atoms with Crippen molar-refractivity contribution in [2.75, 3.05) is 13.2 Å². The van der Waals surface area contributed by atoms with E-state index in [1.54, 1.807) is 61.0 Å². The van der Waals surface area contributed by atoms with Gasteiger partial charge in [0.05, 0.1) is 24.3 Å². The second-order valence-corrected chi connectivity index (χ2v) is 9.80. The number of para-hydroxylation sites is 1. The number of halogens is 2. The highest BCUT2D eigenvalue weighted by atomic mass is 19.1. The summed E-state index contributed by atoms with van der Waals surface area (Å²) in [6, 6.07) is 16.6. The molecule has 0 spiro atoms. The quantitative estimate of drug-likeness (QED) is 0.111. The van der Waals surface area contributed by atoms with Crippen LogP contribution in [0.3, 0.4) is 0 Å². The van der Waals surface area contributed by atoms with Crippen molar-refractivity contribution < 1.29 is 37.4 Å². The molecule has 10 heteroatoms. The zero-order valence-electron chi connectivity index (χ0n) is 23.6. The molecule has 2 heterocycles. The summed E-state index contributed by atoms with van der Waals surface area (Å²) in [4.78, 5) is 53.4. The lowest BCUT2D eigenvalue weighted by Gasteiger charge is -2.10. The van der Waals surface area contributed by atoms with Gasteiger partial charge in [0.2, 0.25) is 0 Å². The van der Waals surface area contributed by atoms with Gasteiger partial charge in [0.1, 0.15) is 17.3 Å². The summed E-state index contributed by atoms with van der Waals surface area (Å²) in [5.41, 5.74) is 1.61. The first-order valence-electron chi connectivity index (χ1n) is 13.8. The highest BCUT2D eigenvalue weighted by Gasteiger charge is 2.32. The van der Waals surface area contributed by atoms with Gasteiger partial charge in [-0.05, 0) is 67.8 Å². The van der Waals surface area contributed by atoms with Crippen molar-refractivity contribution in [1.82, 2.24) is 9.13 Å². The molecule has 0 aliphatic rings. The Bertz CT molecular complexity index is 1870. The van der Waals surface area contributed by atoms with Crippen molar-refractivity contribution in [1.29, 1.82) is 0 Å². The SMILES string of the molecule is CCOC(=O)CCc1c(C(=O)OCC)n(C(=O)C(=O)c2cn(Cc3ccc(F)cc3)c3ccccc23)c2ccc(F)cc12. The maximum absolute atomic E-state index is 14.4. The monoisotopic (exact) mass is 586 g/mol. The van der Waals surface area contributed by atoms with Crippen molar-refractivity contribution in [3.8, 4) is 0 Å². The summed E-state index contributed by atoms with van der Waals surface area (Å²) < 4.78 is 40.9. The predicted molar refractivity (Wildman–Crippen MR) is 155 cm³/mol. The number of hydrogen-bond donors (Lipinski definition) is 0. The molecule has 0 N–H and O–H groups in total.